The Balaban J connectivity index is 1.22. The summed E-state index contributed by atoms with van der Waals surface area (Å²) in [6.07, 6.45) is 2.67. The van der Waals surface area contributed by atoms with E-state index < -0.39 is 58.9 Å². The van der Waals surface area contributed by atoms with Crippen LogP contribution in [0.3, 0.4) is 0 Å². The fraction of sp³-hybridized carbons (Fsp3) is 0.793. The Kier molecular flexibility index (Phi) is 5.68. The Morgan fingerprint density at radius 2 is 1.87 bits per heavy atom. The van der Waals surface area contributed by atoms with Gasteiger partial charge in [-0.15, -0.1) is 0 Å². The third-order valence-electron chi connectivity index (χ3n) is 11.6. The molecule has 39 heavy (non-hydrogen) atoms. The van der Waals surface area contributed by atoms with Crippen LogP contribution in [0.25, 0.3) is 0 Å². The number of aldehydes is 1. The summed E-state index contributed by atoms with van der Waals surface area (Å²) in [4.78, 5) is 24.9. The number of hydrogen-bond donors (Lipinski definition) is 4. The largest absolute Gasteiger partial charge is 0.458 e. The third kappa shape index (κ3) is 3.28. The topological polar surface area (TPSA) is 152 Å². The molecule has 4 aliphatic carbocycles. The normalized spacial score (nSPS) is 56.2. The van der Waals surface area contributed by atoms with Gasteiger partial charge in [-0.05, 0) is 68.8 Å². The minimum absolute atomic E-state index is 0.178. The van der Waals surface area contributed by atoms with Gasteiger partial charge in [-0.2, -0.15) is 0 Å². The minimum atomic E-state index is -2.03. The molecule has 10 nitrogen and oxygen atoms in total. The van der Waals surface area contributed by atoms with E-state index in [1.165, 1.54) is 6.08 Å². The van der Waals surface area contributed by atoms with Gasteiger partial charge >= 0.3 is 5.97 Å². The van der Waals surface area contributed by atoms with Gasteiger partial charge in [0.05, 0.1) is 35.4 Å². The highest BCUT2D eigenvalue weighted by Crippen LogP contribution is 2.69. The fourth-order valence-corrected chi connectivity index (χ4v) is 9.64. The van der Waals surface area contributed by atoms with E-state index in [1.807, 2.05) is 13.0 Å². The van der Waals surface area contributed by atoms with Crippen molar-refractivity contribution in [3.05, 3.63) is 23.3 Å². The van der Waals surface area contributed by atoms with Gasteiger partial charge in [0, 0.05) is 17.9 Å². The van der Waals surface area contributed by atoms with Crippen LogP contribution in [0.5, 0.6) is 0 Å². The zero-order chi connectivity index (χ0) is 27.5. The van der Waals surface area contributed by atoms with Gasteiger partial charge in [0.2, 0.25) is 12.1 Å². The van der Waals surface area contributed by atoms with Gasteiger partial charge < -0.3 is 44.2 Å². The Morgan fingerprint density at radius 3 is 2.59 bits per heavy atom. The molecule has 0 spiro atoms. The molecular weight excluding hydrogens is 508 g/mol. The van der Waals surface area contributed by atoms with Crippen molar-refractivity contribution in [3.63, 3.8) is 0 Å². The zero-order valence-electron chi connectivity index (χ0n) is 22.3. The first-order chi connectivity index (χ1) is 18.5. The maximum absolute atomic E-state index is 13.1. The predicted octanol–water partition coefficient (Wildman–Crippen LogP) is 0.892. The van der Waals surface area contributed by atoms with E-state index in [0.29, 0.717) is 32.1 Å². The van der Waals surface area contributed by atoms with Crippen LogP contribution >= 0.6 is 0 Å². The molecule has 10 heteroatoms. The van der Waals surface area contributed by atoms with E-state index in [2.05, 4.69) is 0 Å². The number of aliphatic hydroxyl groups excluding tert-OH is 2. The van der Waals surface area contributed by atoms with Crippen molar-refractivity contribution in [2.75, 3.05) is 6.61 Å². The molecule has 7 rings (SSSR count). The van der Waals surface area contributed by atoms with Crippen LogP contribution in [-0.2, 0) is 28.5 Å². The lowest BCUT2D eigenvalue weighted by atomic mass is 9.45. The molecule has 0 aromatic carbocycles. The molecule has 4 N–H and O–H groups in total. The van der Waals surface area contributed by atoms with Crippen LogP contribution in [0.1, 0.15) is 58.8 Å². The highest BCUT2D eigenvalue weighted by Gasteiger charge is 2.72. The van der Waals surface area contributed by atoms with Crippen molar-refractivity contribution in [2.24, 2.45) is 28.6 Å². The lowest BCUT2D eigenvalue weighted by molar-refractivity contribution is -0.453. The summed E-state index contributed by atoms with van der Waals surface area (Å²) < 4.78 is 23.3. The quantitative estimate of drug-likeness (QED) is 0.223. The molecule has 13 unspecified atom stereocenters. The maximum Gasteiger partial charge on any atom is 0.331 e. The Hall–Kier alpha value is -1.66. The summed E-state index contributed by atoms with van der Waals surface area (Å²) in [6, 6.07) is 0. The highest BCUT2D eigenvalue weighted by molar-refractivity contribution is 5.85. The summed E-state index contributed by atoms with van der Waals surface area (Å²) in [5.74, 6) is -3.25. The van der Waals surface area contributed by atoms with Gasteiger partial charge in [0.25, 0.3) is 0 Å². The molecule has 13 atom stereocenters. The first kappa shape index (κ1) is 26.3. The molecule has 3 saturated carbocycles. The van der Waals surface area contributed by atoms with Gasteiger partial charge in [0.15, 0.2) is 0 Å². The molecule has 2 saturated heterocycles. The molecule has 0 bridgehead atoms. The predicted molar refractivity (Wildman–Crippen MR) is 133 cm³/mol. The van der Waals surface area contributed by atoms with Crippen LogP contribution in [-0.4, -0.2) is 87.5 Å². The Morgan fingerprint density at radius 1 is 1.08 bits per heavy atom. The van der Waals surface area contributed by atoms with E-state index in [-0.39, 0.29) is 43.3 Å². The number of allylic oxidation sites excluding steroid dienone is 1. The zero-order valence-corrected chi connectivity index (χ0v) is 22.3. The number of carbonyl (C=O) groups excluding carboxylic acids is 2. The highest BCUT2D eigenvalue weighted by atomic mass is 16.8. The van der Waals surface area contributed by atoms with Crippen LogP contribution in [0, 0.1) is 28.6 Å². The Labute approximate surface area is 226 Å². The van der Waals surface area contributed by atoms with Crippen molar-refractivity contribution in [2.45, 2.75) is 107 Å². The van der Waals surface area contributed by atoms with Crippen molar-refractivity contribution in [3.8, 4) is 0 Å². The summed E-state index contributed by atoms with van der Waals surface area (Å²) >= 11 is 0. The van der Waals surface area contributed by atoms with Crippen molar-refractivity contribution >= 4 is 12.3 Å². The lowest BCUT2D eigenvalue weighted by Gasteiger charge is -2.62. The molecule has 7 aliphatic rings. The number of hydrogen-bond acceptors (Lipinski definition) is 10. The monoisotopic (exact) mass is 546 g/mol. The lowest BCUT2D eigenvalue weighted by Crippen LogP contribution is -2.70. The second-order valence-corrected chi connectivity index (χ2v) is 13.3. The number of aliphatic hydroxyl groups is 4. The molecule has 3 aliphatic heterocycles. The summed E-state index contributed by atoms with van der Waals surface area (Å²) in [7, 11) is 0. The van der Waals surface area contributed by atoms with E-state index >= 15 is 0 Å². The van der Waals surface area contributed by atoms with E-state index in [1.54, 1.807) is 6.92 Å². The summed E-state index contributed by atoms with van der Waals surface area (Å²) in [6.45, 7) is 3.98. The third-order valence-corrected chi connectivity index (χ3v) is 11.6. The van der Waals surface area contributed by atoms with Crippen LogP contribution in [0.2, 0.25) is 0 Å². The van der Waals surface area contributed by atoms with Crippen LogP contribution in [0.15, 0.2) is 23.3 Å². The number of rotatable bonds is 2. The van der Waals surface area contributed by atoms with Gasteiger partial charge in [-0.3, -0.25) is 0 Å². The average Bonchev–Trinajstić information content (AvgIpc) is 3.41. The molecule has 0 amide bonds. The average molecular weight is 547 g/mol. The van der Waals surface area contributed by atoms with E-state index in [0.717, 1.165) is 17.4 Å². The van der Waals surface area contributed by atoms with Crippen LogP contribution < -0.4 is 0 Å². The molecule has 5 fully saturated rings. The first-order valence-corrected chi connectivity index (χ1v) is 14.3. The smallest absolute Gasteiger partial charge is 0.331 e. The second kappa shape index (κ2) is 8.44. The van der Waals surface area contributed by atoms with Crippen molar-refractivity contribution < 1.29 is 49.0 Å². The maximum atomic E-state index is 13.1. The van der Waals surface area contributed by atoms with E-state index in [9.17, 15) is 30.0 Å². The molecule has 214 valence electrons. The summed E-state index contributed by atoms with van der Waals surface area (Å²) in [5, 5.41) is 45.8. The number of cyclic esters (lactones) is 1. The van der Waals surface area contributed by atoms with Gasteiger partial charge in [-0.25, -0.2) is 4.79 Å². The van der Waals surface area contributed by atoms with Crippen molar-refractivity contribution in [1.82, 2.24) is 0 Å². The van der Waals surface area contributed by atoms with Gasteiger partial charge in [0.1, 0.15) is 19.0 Å². The standard InChI is InChI=1S/C29H38O10/c1-14-7-23(32)29(35)25(37-14)38-20-9-16-3-4-18-17(27(16,13-30)11-21(20)39-29)5-6-26(2)19(10-22(31)28(18,26)34)15-8-24(33)36-12-15/h3,8,13-14,17-23,25,31-32,34-35H,4-7,9-12H2,1-2H3. The molecule has 0 aromatic heterocycles. The van der Waals surface area contributed by atoms with Gasteiger partial charge in [-0.1, -0.05) is 18.6 Å². The SMILES string of the molecule is CC1CC(O)C2(O)OC3CC4(C=O)C(=CCC5C4CCC4(C)C(C6=CC(=O)OC6)CC(O)C54O)CC3OC2O1. The number of carbonyl (C=O) groups is 2. The second-order valence-electron chi connectivity index (χ2n) is 13.3. The molecule has 0 aromatic rings. The molecular formula is C29H38O10. The summed E-state index contributed by atoms with van der Waals surface area (Å²) in [5.41, 5.74) is -1.35. The van der Waals surface area contributed by atoms with Crippen molar-refractivity contribution in [1.29, 1.82) is 0 Å². The Bertz CT molecular complexity index is 1150. The number of esters is 1. The number of ether oxygens (including phenoxy) is 4. The first-order valence-electron chi connectivity index (χ1n) is 14.3. The molecule has 3 heterocycles. The minimum Gasteiger partial charge on any atom is -0.458 e. The number of fused-ring (bicyclic) bond motifs is 7. The fourth-order valence-electron chi connectivity index (χ4n) is 9.64. The van der Waals surface area contributed by atoms with E-state index in [4.69, 9.17) is 18.9 Å². The van der Waals surface area contributed by atoms with Crippen LogP contribution in [0.4, 0.5) is 0 Å². The molecule has 0 radical (unpaired) electrons.